The van der Waals surface area contributed by atoms with Crippen molar-refractivity contribution in [3.63, 3.8) is 0 Å². The Kier molecular flexibility index (Phi) is 38.0. The highest BCUT2D eigenvalue weighted by molar-refractivity contribution is 5.69. The summed E-state index contributed by atoms with van der Waals surface area (Å²) in [5.41, 5.74) is 0. The predicted octanol–water partition coefficient (Wildman–Crippen LogP) is 5.45. The monoisotopic (exact) mass is 478 g/mol. The van der Waals surface area contributed by atoms with Gasteiger partial charge in [0.1, 0.15) is 0 Å². The molecule has 0 heterocycles. The summed E-state index contributed by atoms with van der Waals surface area (Å²) in [6.07, 6.45) is 7.67. The molecule has 0 atom stereocenters. The first-order valence-corrected chi connectivity index (χ1v) is 12.8. The number of unbranched alkanes of at least 4 members (excludes halogenated alkanes) is 4. The number of carboxylic acids is 3. The lowest BCUT2D eigenvalue weighted by molar-refractivity contribution is -0.139. The summed E-state index contributed by atoms with van der Waals surface area (Å²) in [5, 5.41) is 25.3. The number of aliphatic carboxylic acids is 3. The van der Waals surface area contributed by atoms with Crippen LogP contribution in [0.3, 0.4) is 0 Å². The Balaban J connectivity index is -0.000000317. The molecule has 200 valence electrons. The fourth-order valence-corrected chi connectivity index (χ4v) is 2.45. The van der Waals surface area contributed by atoms with Gasteiger partial charge in [-0.2, -0.15) is 0 Å². The minimum Gasteiger partial charge on any atom is -0.481 e. The lowest BCUT2D eigenvalue weighted by Gasteiger charge is -2.25. The third-order valence-electron chi connectivity index (χ3n) is 4.50. The van der Waals surface area contributed by atoms with Gasteiger partial charge in [0.15, 0.2) is 0 Å². The largest absolute Gasteiger partial charge is 0.481 e. The van der Waals surface area contributed by atoms with Gasteiger partial charge in [-0.15, -0.1) is 0 Å². The van der Waals surface area contributed by atoms with Gasteiger partial charge < -0.3 is 20.2 Å². The molecule has 33 heavy (non-hydrogen) atoms. The maximum absolute atomic E-state index is 10.9. The van der Waals surface area contributed by atoms with Gasteiger partial charge in [0.25, 0.3) is 0 Å². The maximum Gasteiger partial charge on any atom is 0.317 e. The van der Waals surface area contributed by atoms with Gasteiger partial charge in [-0.25, -0.2) is 0 Å². The van der Waals surface area contributed by atoms with Crippen molar-refractivity contribution in [2.45, 2.75) is 106 Å². The first kappa shape index (κ1) is 38.6. The number of likely N-dealkylation sites (N-methyl/N-ethyl adjacent to an activating group) is 1. The second-order valence-electron chi connectivity index (χ2n) is 7.41. The summed E-state index contributed by atoms with van der Waals surface area (Å²) in [5.74, 6) is -2.28. The minimum absolute atomic E-state index is 0.0821. The van der Waals surface area contributed by atoms with Gasteiger partial charge in [0.2, 0.25) is 0 Å². The summed E-state index contributed by atoms with van der Waals surface area (Å²) >= 11 is 0. The van der Waals surface area contributed by atoms with E-state index in [1.807, 2.05) is 18.7 Å². The van der Waals surface area contributed by atoms with E-state index in [0.717, 1.165) is 58.4 Å². The van der Waals surface area contributed by atoms with E-state index in [0.29, 0.717) is 6.42 Å². The molecule has 0 bridgehead atoms. The Labute approximate surface area is 203 Å². The van der Waals surface area contributed by atoms with E-state index in [1.165, 1.54) is 12.8 Å². The van der Waals surface area contributed by atoms with Crippen molar-refractivity contribution in [2.24, 2.45) is 0 Å². The van der Waals surface area contributed by atoms with Crippen molar-refractivity contribution < 1.29 is 29.7 Å². The van der Waals surface area contributed by atoms with Crippen LogP contribution in [-0.4, -0.2) is 82.3 Å². The van der Waals surface area contributed by atoms with Crippen molar-refractivity contribution in [3.05, 3.63) is 0 Å². The van der Waals surface area contributed by atoms with Crippen molar-refractivity contribution in [1.29, 1.82) is 0 Å². The zero-order valence-corrected chi connectivity index (χ0v) is 22.6. The van der Waals surface area contributed by atoms with E-state index in [-0.39, 0.29) is 19.4 Å². The van der Waals surface area contributed by atoms with Crippen LogP contribution >= 0.6 is 0 Å². The predicted molar refractivity (Wildman–Crippen MR) is 137 cm³/mol. The lowest BCUT2D eigenvalue weighted by Crippen LogP contribution is -2.38. The molecule has 0 aromatic rings. The molecule has 3 N–H and O–H groups in total. The fourth-order valence-electron chi connectivity index (χ4n) is 2.45. The quantitative estimate of drug-likeness (QED) is 0.236. The van der Waals surface area contributed by atoms with Gasteiger partial charge >= 0.3 is 17.9 Å². The Morgan fingerprint density at radius 2 is 1.06 bits per heavy atom. The summed E-state index contributed by atoms with van der Waals surface area (Å²) in [4.78, 5) is 35.0. The van der Waals surface area contributed by atoms with Crippen LogP contribution in [0.5, 0.6) is 0 Å². The van der Waals surface area contributed by atoms with Crippen molar-refractivity contribution in [3.8, 4) is 0 Å². The average molecular weight is 479 g/mol. The highest BCUT2D eigenvalue weighted by Crippen LogP contribution is 2.05. The zero-order chi connectivity index (χ0) is 26.5. The first-order valence-electron chi connectivity index (χ1n) is 12.8. The summed E-state index contributed by atoms with van der Waals surface area (Å²) in [6, 6.07) is 0. The molecule has 0 fully saturated rings. The molecule has 0 radical (unpaired) electrons. The van der Waals surface area contributed by atoms with E-state index < -0.39 is 17.9 Å². The van der Waals surface area contributed by atoms with Gasteiger partial charge in [-0.05, 0) is 38.9 Å². The topological polar surface area (TPSA) is 118 Å². The summed E-state index contributed by atoms with van der Waals surface area (Å²) in [7, 11) is 0. The molecule has 0 aromatic carbocycles. The molecule has 0 amide bonds. The normalized spacial score (nSPS) is 9.73. The maximum atomic E-state index is 10.9. The number of carbonyl (C=O) groups is 3. The molecule has 0 saturated carbocycles. The van der Waals surface area contributed by atoms with E-state index in [9.17, 15) is 14.4 Å². The van der Waals surface area contributed by atoms with E-state index in [2.05, 4.69) is 32.6 Å². The fraction of sp³-hybridized carbons (Fsp3) is 0.880. The third kappa shape index (κ3) is 41.1. The van der Waals surface area contributed by atoms with Crippen molar-refractivity contribution in [1.82, 2.24) is 9.80 Å². The lowest BCUT2D eigenvalue weighted by atomic mass is 10.1. The van der Waals surface area contributed by atoms with Crippen LogP contribution in [0, 0.1) is 0 Å². The Morgan fingerprint density at radius 3 is 1.42 bits per heavy atom. The standard InChI is InChI=1S/C16H32N2O4.C4H10.C3H6O2.C2H6/c1-3-10-17(4-2)12-13-18(14-16(21)22)11-8-6-5-7-9-15(19)20;1-3-4-2;1-2-3(4)5;1-2/h3-14H2,1-2H3,(H,19,20)(H,21,22);3-4H2,1-2H3;2H2,1H3,(H,4,5);1-2H3. The third-order valence-corrected chi connectivity index (χ3v) is 4.50. The zero-order valence-electron chi connectivity index (χ0n) is 22.6. The second-order valence-corrected chi connectivity index (χ2v) is 7.41. The van der Waals surface area contributed by atoms with Crippen LogP contribution in [0.1, 0.15) is 106 Å². The SMILES string of the molecule is CC.CCC(=O)O.CCCC.CCCN(CC)CCN(CCCCCCC(=O)O)CC(=O)O. The van der Waals surface area contributed by atoms with E-state index >= 15 is 0 Å². The summed E-state index contributed by atoms with van der Waals surface area (Å²) in [6.45, 7) is 18.8. The van der Waals surface area contributed by atoms with E-state index in [4.69, 9.17) is 15.3 Å². The Hall–Kier alpha value is -1.67. The molecule has 0 aliphatic carbocycles. The molecule has 0 aromatic heterocycles. The first-order chi connectivity index (χ1) is 15.7. The van der Waals surface area contributed by atoms with Crippen LogP contribution in [0.15, 0.2) is 0 Å². The smallest absolute Gasteiger partial charge is 0.317 e. The molecule has 0 rings (SSSR count). The molecular formula is C25H54N2O6. The molecule has 0 spiro atoms. The van der Waals surface area contributed by atoms with Crippen LogP contribution in [-0.2, 0) is 14.4 Å². The molecule has 8 nitrogen and oxygen atoms in total. The number of rotatable bonds is 17. The minimum atomic E-state index is -0.788. The Morgan fingerprint density at radius 1 is 0.576 bits per heavy atom. The molecule has 0 saturated heterocycles. The highest BCUT2D eigenvalue weighted by Gasteiger charge is 2.11. The van der Waals surface area contributed by atoms with Crippen LogP contribution in [0.4, 0.5) is 0 Å². The number of hydrogen-bond donors (Lipinski definition) is 3. The molecule has 0 aliphatic rings. The molecular weight excluding hydrogens is 424 g/mol. The molecule has 0 unspecified atom stereocenters. The number of carboxylic acid groups (broad SMARTS) is 3. The van der Waals surface area contributed by atoms with Gasteiger partial charge in [0.05, 0.1) is 6.54 Å². The number of hydrogen-bond acceptors (Lipinski definition) is 5. The van der Waals surface area contributed by atoms with Gasteiger partial charge in [-0.3, -0.25) is 19.3 Å². The Bertz CT molecular complexity index is 431. The molecule has 8 heteroatoms. The highest BCUT2D eigenvalue weighted by atomic mass is 16.4. The van der Waals surface area contributed by atoms with Crippen LogP contribution < -0.4 is 0 Å². The summed E-state index contributed by atoms with van der Waals surface area (Å²) < 4.78 is 0. The van der Waals surface area contributed by atoms with Crippen molar-refractivity contribution in [2.75, 3.05) is 39.3 Å². The van der Waals surface area contributed by atoms with Crippen molar-refractivity contribution >= 4 is 17.9 Å². The van der Waals surface area contributed by atoms with Crippen LogP contribution in [0.25, 0.3) is 0 Å². The van der Waals surface area contributed by atoms with Crippen LogP contribution in [0.2, 0.25) is 0 Å². The van der Waals surface area contributed by atoms with E-state index in [1.54, 1.807) is 6.92 Å². The number of nitrogens with zero attached hydrogens (tertiary/aromatic N) is 2. The van der Waals surface area contributed by atoms with Gasteiger partial charge in [0, 0.05) is 25.9 Å². The average Bonchev–Trinajstić information content (AvgIpc) is 2.79. The van der Waals surface area contributed by atoms with Gasteiger partial charge in [-0.1, -0.05) is 74.1 Å². The second kappa shape index (κ2) is 32.5. The molecule has 0 aliphatic heterocycles.